The first kappa shape index (κ1) is 32.6. The van der Waals surface area contributed by atoms with Gasteiger partial charge in [-0.25, -0.2) is 15.0 Å². The highest BCUT2D eigenvalue weighted by Gasteiger charge is 2.32. The molecular formula is C32H30BrN5O7. The topological polar surface area (TPSA) is 160 Å². The zero-order valence-electron chi connectivity index (χ0n) is 24.7. The van der Waals surface area contributed by atoms with Gasteiger partial charge in [0.25, 0.3) is 5.91 Å². The second-order valence-corrected chi connectivity index (χ2v) is 10.5. The third kappa shape index (κ3) is 8.61. The number of ether oxygens (including phenoxy) is 4. The minimum atomic E-state index is -0.783. The van der Waals surface area contributed by atoms with Gasteiger partial charge >= 0.3 is 12.0 Å². The number of methoxy groups -OCH3 is 1. The Morgan fingerprint density at radius 3 is 2.53 bits per heavy atom. The van der Waals surface area contributed by atoms with Crippen molar-refractivity contribution in [3.63, 3.8) is 0 Å². The lowest BCUT2D eigenvalue weighted by molar-refractivity contribution is -0.139. The van der Waals surface area contributed by atoms with E-state index >= 15 is 0 Å². The van der Waals surface area contributed by atoms with Gasteiger partial charge in [-0.3, -0.25) is 4.79 Å². The Hall–Kier alpha value is -5.35. The Morgan fingerprint density at radius 2 is 1.82 bits per heavy atom. The van der Waals surface area contributed by atoms with Crippen molar-refractivity contribution in [3.8, 4) is 23.3 Å². The molecule has 0 saturated carbocycles. The molecule has 3 aromatic rings. The Bertz CT molecular complexity index is 1680. The highest BCUT2D eigenvalue weighted by atomic mass is 79.9. The Morgan fingerprint density at radius 1 is 1.07 bits per heavy atom. The molecule has 0 bridgehead atoms. The maximum Gasteiger partial charge on any atom is 0.338 e. The number of urea groups is 1. The van der Waals surface area contributed by atoms with E-state index in [1.165, 1.54) is 13.3 Å². The summed E-state index contributed by atoms with van der Waals surface area (Å²) in [5, 5.41) is 18.3. The molecule has 1 heterocycles. The molecule has 0 unspecified atom stereocenters. The number of hydrogen-bond donors (Lipinski definition) is 3. The number of amides is 3. The van der Waals surface area contributed by atoms with Crippen LogP contribution in [0.1, 0.15) is 42.1 Å². The second-order valence-electron chi connectivity index (χ2n) is 9.56. The molecule has 45 heavy (non-hydrogen) atoms. The van der Waals surface area contributed by atoms with Gasteiger partial charge in [0.05, 0.1) is 43.2 Å². The normalized spacial score (nSPS) is 14.2. The number of allylic oxidation sites excluding steroid dienone is 1. The standard InChI is InChI=1S/C32H30BrN5O7/c1-4-43-31(40)29-19(2)36-32(41)37-30(29)22-9-11-26(27(14-22)42-3)45-18-28(39)38-35-16-23-13-24(33)10-12-25(23)44-17-21-7-5-20(15-34)6-8-21/h5-14,16,30H,4,17-18H2,1-3H3,(H,38,39)(H2,36,37,41)/b35-16+/t30-/m0/s1. The number of rotatable bonds is 12. The van der Waals surface area contributed by atoms with E-state index in [2.05, 4.69) is 43.2 Å². The molecular weight excluding hydrogens is 646 g/mol. The fourth-order valence-electron chi connectivity index (χ4n) is 4.34. The zero-order valence-corrected chi connectivity index (χ0v) is 26.3. The molecule has 0 spiro atoms. The number of halogens is 1. The molecule has 4 rings (SSSR count). The largest absolute Gasteiger partial charge is 0.493 e. The number of hydrogen-bond acceptors (Lipinski definition) is 9. The van der Waals surface area contributed by atoms with Crippen LogP contribution in [0.4, 0.5) is 4.79 Å². The van der Waals surface area contributed by atoms with Crippen LogP contribution >= 0.6 is 15.9 Å². The van der Waals surface area contributed by atoms with Gasteiger partial charge in [-0.15, -0.1) is 0 Å². The molecule has 1 atom stereocenters. The molecule has 0 aromatic heterocycles. The minimum Gasteiger partial charge on any atom is -0.493 e. The minimum absolute atomic E-state index is 0.177. The van der Waals surface area contributed by atoms with Crippen LogP contribution in [0.15, 0.2) is 81.5 Å². The van der Waals surface area contributed by atoms with Gasteiger partial charge in [0.1, 0.15) is 12.4 Å². The summed E-state index contributed by atoms with van der Waals surface area (Å²) in [5.74, 6) is 0.0148. The van der Waals surface area contributed by atoms with Crippen LogP contribution in [-0.2, 0) is 20.9 Å². The first-order chi connectivity index (χ1) is 21.7. The van der Waals surface area contributed by atoms with Crippen LogP contribution in [0.25, 0.3) is 0 Å². The van der Waals surface area contributed by atoms with Crippen LogP contribution in [0.2, 0.25) is 0 Å². The van der Waals surface area contributed by atoms with E-state index < -0.39 is 23.9 Å². The second kappa shape index (κ2) is 15.4. The van der Waals surface area contributed by atoms with Crippen LogP contribution in [0.5, 0.6) is 17.2 Å². The molecule has 1 aliphatic rings. The van der Waals surface area contributed by atoms with Crippen molar-refractivity contribution in [1.82, 2.24) is 16.1 Å². The van der Waals surface area contributed by atoms with Gasteiger partial charge in [-0.05, 0) is 67.4 Å². The summed E-state index contributed by atoms with van der Waals surface area (Å²) < 4.78 is 23.0. The van der Waals surface area contributed by atoms with E-state index in [1.807, 2.05) is 18.2 Å². The average molecular weight is 677 g/mol. The molecule has 0 fully saturated rings. The van der Waals surface area contributed by atoms with Crippen molar-refractivity contribution < 1.29 is 33.3 Å². The maximum atomic E-state index is 12.6. The highest BCUT2D eigenvalue weighted by Crippen LogP contribution is 2.34. The summed E-state index contributed by atoms with van der Waals surface area (Å²) in [5.41, 5.74) is 5.69. The molecule has 0 saturated heterocycles. The van der Waals surface area contributed by atoms with E-state index in [-0.39, 0.29) is 36.9 Å². The monoisotopic (exact) mass is 675 g/mol. The number of nitriles is 1. The van der Waals surface area contributed by atoms with Gasteiger partial charge < -0.3 is 29.6 Å². The predicted octanol–water partition coefficient (Wildman–Crippen LogP) is 4.63. The van der Waals surface area contributed by atoms with E-state index in [0.29, 0.717) is 28.1 Å². The third-order valence-electron chi connectivity index (χ3n) is 6.49. The van der Waals surface area contributed by atoms with Crippen molar-refractivity contribution in [2.45, 2.75) is 26.5 Å². The number of carbonyl (C=O) groups excluding carboxylic acids is 3. The number of benzene rings is 3. The smallest absolute Gasteiger partial charge is 0.338 e. The van der Waals surface area contributed by atoms with Crippen molar-refractivity contribution in [3.05, 3.63) is 98.7 Å². The van der Waals surface area contributed by atoms with E-state index in [0.717, 1.165) is 10.0 Å². The van der Waals surface area contributed by atoms with E-state index in [9.17, 15) is 14.4 Å². The van der Waals surface area contributed by atoms with Gasteiger partial charge in [0, 0.05) is 15.7 Å². The third-order valence-corrected chi connectivity index (χ3v) is 6.98. The lowest BCUT2D eigenvalue weighted by atomic mass is 9.95. The van der Waals surface area contributed by atoms with E-state index in [1.54, 1.807) is 56.3 Å². The summed E-state index contributed by atoms with van der Waals surface area (Å²) in [4.78, 5) is 37.3. The number of esters is 1. The van der Waals surface area contributed by atoms with Gasteiger partial charge in [0.2, 0.25) is 0 Å². The Labute approximate surface area is 268 Å². The number of nitrogens with zero attached hydrogens (tertiary/aromatic N) is 2. The fraction of sp³-hybridized carbons (Fsp3) is 0.219. The van der Waals surface area contributed by atoms with Crippen LogP contribution in [-0.4, -0.2) is 44.4 Å². The quantitative estimate of drug-likeness (QED) is 0.142. The van der Waals surface area contributed by atoms with Crippen LogP contribution in [0.3, 0.4) is 0 Å². The molecule has 3 N–H and O–H groups in total. The fourth-order valence-corrected chi connectivity index (χ4v) is 4.72. The molecule has 13 heteroatoms. The molecule has 0 aliphatic carbocycles. The molecule has 232 valence electrons. The van der Waals surface area contributed by atoms with Gasteiger partial charge in [-0.1, -0.05) is 34.1 Å². The summed E-state index contributed by atoms with van der Waals surface area (Å²) in [6.07, 6.45) is 1.45. The van der Waals surface area contributed by atoms with Crippen molar-refractivity contribution >= 4 is 40.1 Å². The highest BCUT2D eigenvalue weighted by molar-refractivity contribution is 9.10. The van der Waals surface area contributed by atoms with Gasteiger partial charge in [-0.2, -0.15) is 10.4 Å². The first-order valence-corrected chi connectivity index (χ1v) is 14.5. The first-order valence-electron chi connectivity index (χ1n) is 13.7. The Balaban J connectivity index is 1.38. The van der Waals surface area contributed by atoms with Crippen molar-refractivity contribution in [2.75, 3.05) is 20.3 Å². The SMILES string of the molecule is CCOC(=O)C1=C(C)NC(=O)N[C@H]1c1ccc(OCC(=O)N/N=C/c2cc(Br)ccc2OCc2ccc(C#N)cc2)c(OC)c1. The summed E-state index contributed by atoms with van der Waals surface area (Å²) in [6, 6.07) is 18.2. The number of carbonyl (C=O) groups is 3. The zero-order chi connectivity index (χ0) is 32.3. The van der Waals surface area contributed by atoms with E-state index in [4.69, 9.17) is 24.2 Å². The van der Waals surface area contributed by atoms with Gasteiger partial charge in [0.15, 0.2) is 18.1 Å². The number of nitrogens with one attached hydrogen (secondary N) is 3. The lowest BCUT2D eigenvalue weighted by Gasteiger charge is -2.28. The Kier molecular flexibility index (Phi) is 11.1. The van der Waals surface area contributed by atoms with Crippen LogP contribution < -0.4 is 30.3 Å². The average Bonchev–Trinajstić information content (AvgIpc) is 3.03. The summed E-state index contributed by atoms with van der Waals surface area (Å²) in [7, 11) is 1.43. The van der Waals surface area contributed by atoms with Crippen molar-refractivity contribution in [1.29, 1.82) is 5.26 Å². The maximum absolute atomic E-state index is 12.6. The summed E-state index contributed by atoms with van der Waals surface area (Å²) >= 11 is 3.43. The molecule has 12 nitrogen and oxygen atoms in total. The van der Waals surface area contributed by atoms with Crippen molar-refractivity contribution in [2.24, 2.45) is 5.10 Å². The summed E-state index contributed by atoms with van der Waals surface area (Å²) in [6.45, 7) is 3.40. The molecule has 0 radical (unpaired) electrons. The lowest BCUT2D eigenvalue weighted by Crippen LogP contribution is -2.45. The predicted molar refractivity (Wildman–Crippen MR) is 168 cm³/mol. The van der Waals surface area contributed by atoms with Crippen LogP contribution in [0, 0.1) is 11.3 Å². The number of hydrazone groups is 1. The molecule has 3 aromatic carbocycles. The molecule has 3 amide bonds. The molecule has 1 aliphatic heterocycles.